The van der Waals surface area contributed by atoms with Gasteiger partial charge in [-0.2, -0.15) is 0 Å². The van der Waals surface area contributed by atoms with Gasteiger partial charge in [-0.05, 0) is 11.6 Å². The van der Waals surface area contributed by atoms with Crippen LogP contribution in [0.1, 0.15) is 5.56 Å². The van der Waals surface area contributed by atoms with Gasteiger partial charge in [0, 0.05) is 0 Å². The molecule has 1 heterocycles. The topological polar surface area (TPSA) is 29.1 Å². The molecule has 1 amide bonds. The first-order valence-electron chi connectivity index (χ1n) is 5.39. The number of rotatable bonds is 3. The molecule has 1 fully saturated rings. The standard InChI is InChI=1S/C14H11NOS2/c16-13-12(18-14(17)15-13)10-6-2-5-9-11-7-3-1-4-8-11/h1-10H,(H,15,16,17)/b6-2+,9-5+,12-10+. The van der Waals surface area contributed by atoms with Crippen LogP contribution in [0.15, 0.2) is 59.5 Å². The summed E-state index contributed by atoms with van der Waals surface area (Å²) in [7, 11) is 0. The maximum Gasteiger partial charge on any atom is 0.263 e. The van der Waals surface area contributed by atoms with E-state index in [-0.39, 0.29) is 5.91 Å². The zero-order valence-electron chi connectivity index (χ0n) is 9.50. The van der Waals surface area contributed by atoms with Gasteiger partial charge in [-0.15, -0.1) is 0 Å². The Hall–Kier alpha value is -1.65. The predicted molar refractivity (Wildman–Crippen MR) is 81.0 cm³/mol. The van der Waals surface area contributed by atoms with Crippen LogP contribution >= 0.6 is 24.0 Å². The largest absolute Gasteiger partial charge is 0.307 e. The maximum absolute atomic E-state index is 11.3. The lowest BCUT2D eigenvalue weighted by Gasteiger charge is -1.88. The number of allylic oxidation sites excluding steroid dienone is 4. The van der Waals surface area contributed by atoms with E-state index in [9.17, 15) is 4.79 Å². The minimum absolute atomic E-state index is 0.123. The number of hydrogen-bond acceptors (Lipinski definition) is 3. The highest BCUT2D eigenvalue weighted by atomic mass is 32.2. The van der Waals surface area contributed by atoms with Crippen LogP contribution in [0.5, 0.6) is 0 Å². The molecule has 0 radical (unpaired) electrons. The number of nitrogens with one attached hydrogen (secondary N) is 1. The Kier molecular flexibility index (Phi) is 4.50. The third-order valence-electron chi connectivity index (χ3n) is 2.20. The van der Waals surface area contributed by atoms with Crippen molar-refractivity contribution < 1.29 is 4.79 Å². The molecule has 2 nitrogen and oxygen atoms in total. The molecule has 1 N–H and O–H groups in total. The van der Waals surface area contributed by atoms with Gasteiger partial charge >= 0.3 is 0 Å². The summed E-state index contributed by atoms with van der Waals surface area (Å²) in [5.74, 6) is -0.123. The summed E-state index contributed by atoms with van der Waals surface area (Å²) in [5, 5.41) is 2.57. The molecule has 0 atom stereocenters. The highest BCUT2D eigenvalue weighted by Crippen LogP contribution is 2.22. The van der Waals surface area contributed by atoms with Crippen molar-refractivity contribution in [1.82, 2.24) is 5.32 Å². The molecule has 18 heavy (non-hydrogen) atoms. The summed E-state index contributed by atoms with van der Waals surface area (Å²) in [6.07, 6.45) is 9.41. The Morgan fingerprint density at radius 3 is 2.56 bits per heavy atom. The second-order valence-corrected chi connectivity index (χ2v) is 5.25. The van der Waals surface area contributed by atoms with Gasteiger partial charge in [-0.3, -0.25) is 4.79 Å². The molecule has 0 spiro atoms. The first-order chi connectivity index (χ1) is 8.75. The van der Waals surface area contributed by atoms with Crippen molar-refractivity contribution in [2.24, 2.45) is 0 Å². The fourth-order valence-electron chi connectivity index (χ4n) is 1.37. The van der Waals surface area contributed by atoms with Crippen molar-refractivity contribution in [3.05, 3.63) is 65.1 Å². The summed E-state index contributed by atoms with van der Waals surface area (Å²) >= 11 is 6.18. The van der Waals surface area contributed by atoms with E-state index in [0.717, 1.165) is 5.56 Å². The van der Waals surface area contributed by atoms with Gasteiger partial charge in [0.15, 0.2) is 0 Å². The smallest absolute Gasteiger partial charge is 0.263 e. The van der Waals surface area contributed by atoms with E-state index in [1.54, 1.807) is 6.08 Å². The number of amides is 1. The minimum atomic E-state index is -0.123. The molecular weight excluding hydrogens is 262 g/mol. The summed E-state index contributed by atoms with van der Waals surface area (Å²) in [6.45, 7) is 0. The van der Waals surface area contributed by atoms with Crippen LogP contribution in [0.25, 0.3) is 6.08 Å². The van der Waals surface area contributed by atoms with Gasteiger partial charge in [0.2, 0.25) is 0 Å². The van der Waals surface area contributed by atoms with Crippen molar-refractivity contribution in [3.8, 4) is 0 Å². The number of thiocarbonyl (C=S) groups is 1. The van der Waals surface area contributed by atoms with Gasteiger partial charge in [0.05, 0.1) is 4.91 Å². The molecule has 1 saturated heterocycles. The number of carbonyl (C=O) groups excluding carboxylic acids is 1. The number of thioether (sulfide) groups is 1. The van der Waals surface area contributed by atoms with Gasteiger partial charge in [-0.25, -0.2) is 0 Å². The average Bonchev–Trinajstić information content (AvgIpc) is 2.69. The minimum Gasteiger partial charge on any atom is -0.307 e. The van der Waals surface area contributed by atoms with Gasteiger partial charge in [0.1, 0.15) is 4.32 Å². The molecule has 2 rings (SSSR count). The van der Waals surface area contributed by atoms with E-state index in [4.69, 9.17) is 12.2 Å². The van der Waals surface area contributed by atoms with Crippen molar-refractivity contribution >= 4 is 40.3 Å². The van der Waals surface area contributed by atoms with Crippen LogP contribution in [0.3, 0.4) is 0 Å². The van der Waals surface area contributed by atoms with Gasteiger partial charge < -0.3 is 5.32 Å². The molecule has 0 bridgehead atoms. The highest BCUT2D eigenvalue weighted by Gasteiger charge is 2.20. The Morgan fingerprint density at radius 1 is 1.11 bits per heavy atom. The maximum atomic E-state index is 11.3. The van der Waals surface area contributed by atoms with Crippen molar-refractivity contribution in [2.75, 3.05) is 0 Å². The molecule has 1 aliphatic heterocycles. The molecule has 1 aromatic carbocycles. The molecule has 1 aromatic rings. The average molecular weight is 273 g/mol. The molecule has 90 valence electrons. The Morgan fingerprint density at radius 2 is 1.89 bits per heavy atom. The first-order valence-corrected chi connectivity index (χ1v) is 6.61. The van der Waals surface area contributed by atoms with E-state index < -0.39 is 0 Å². The number of carbonyl (C=O) groups is 1. The van der Waals surface area contributed by atoms with Crippen molar-refractivity contribution in [2.45, 2.75) is 0 Å². The lowest BCUT2D eigenvalue weighted by Crippen LogP contribution is -2.17. The zero-order chi connectivity index (χ0) is 12.8. The second-order valence-electron chi connectivity index (χ2n) is 3.53. The normalized spacial score (nSPS) is 18.1. The second kappa shape index (κ2) is 6.33. The van der Waals surface area contributed by atoms with Crippen LogP contribution in [0.4, 0.5) is 0 Å². The van der Waals surface area contributed by atoms with Crippen molar-refractivity contribution in [3.63, 3.8) is 0 Å². The lowest BCUT2D eigenvalue weighted by molar-refractivity contribution is -0.115. The molecule has 0 aromatic heterocycles. The van der Waals surface area contributed by atoms with E-state index >= 15 is 0 Å². The molecule has 0 aliphatic carbocycles. The quantitative estimate of drug-likeness (QED) is 0.520. The Balaban J connectivity index is 1.93. The summed E-state index contributed by atoms with van der Waals surface area (Å²) in [6, 6.07) is 10.0. The molecular formula is C14H11NOS2. The van der Waals surface area contributed by atoms with E-state index in [2.05, 4.69) is 5.32 Å². The summed E-state index contributed by atoms with van der Waals surface area (Å²) in [5.41, 5.74) is 1.14. The first kappa shape index (κ1) is 12.8. The predicted octanol–water partition coefficient (Wildman–Crippen LogP) is 3.29. The van der Waals surface area contributed by atoms with Crippen LogP contribution in [-0.2, 0) is 4.79 Å². The monoisotopic (exact) mass is 273 g/mol. The third-order valence-corrected chi connectivity index (χ3v) is 3.38. The van der Waals surface area contributed by atoms with Crippen LogP contribution in [0, 0.1) is 0 Å². The fraction of sp³-hybridized carbons (Fsp3) is 0. The Bertz CT molecular complexity index is 544. The lowest BCUT2D eigenvalue weighted by atomic mass is 10.2. The third kappa shape index (κ3) is 3.68. The van der Waals surface area contributed by atoms with E-state index in [1.807, 2.05) is 54.6 Å². The molecule has 0 saturated carbocycles. The number of hydrogen-bond donors (Lipinski definition) is 1. The zero-order valence-corrected chi connectivity index (χ0v) is 11.1. The van der Waals surface area contributed by atoms with Crippen LogP contribution in [-0.4, -0.2) is 10.2 Å². The van der Waals surface area contributed by atoms with Gasteiger partial charge in [0.25, 0.3) is 5.91 Å². The fourth-order valence-corrected chi connectivity index (χ4v) is 2.37. The molecule has 4 heteroatoms. The van der Waals surface area contributed by atoms with E-state index in [0.29, 0.717) is 9.23 Å². The number of benzene rings is 1. The highest BCUT2D eigenvalue weighted by molar-refractivity contribution is 8.26. The summed E-state index contributed by atoms with van der Waals surface area (Å²) < 4.78 is 0.513. The molecule has 1 aliphatic rings. The van der Waals surface area contributed by atoms with E-state index in [1.165, 1.54) is 11.8 Å². The summed E-state index contributed by atoms with van der Waals surface area (Å²) in [4.78, 5) is 12.0. The van der Waals surface area contributed by atoms with Crippen LogP contribution < -0.4 is 5.32 Å². The van der Waals surface area contributed by atoms with Gasteiger partial charge in [-0.1, -0.05) is 78.6 Å². The van der Waals surface area contributed by atoms with Crippen LogP contribution in [0.2, 0.25) is 0 Å². The SMILES string of the molecule is O=C1NC(=S)S/C1=C/C=C/C=C/c1ccccc1. The Labute approximate surface area is 115 Å². The molecule has 0 unspecified atom stereocenters. The van der Waals surface area contributed by atoms with Crippen molar-refractivity contribution in [1.29, 1.82) is 0 Å².